The summed E-state index contributed by atoms with van der Waals surface area (Å²) in [6.07, 6.45) is 1.72. The van der Waals surface area contributed by atoms with E-state index in [1.165, 1.54) is 6.07 Å². The average molecular weight is 430 g/mol. The van der Waals surface area contributed by atoms with Crippen LogP contribution in [-0.2, 0) is 0 Å². The van der Waals surface area contributed by atoms with Crippen LogP contribution in [0, 0.1) is 31.0 Å². The zero-order valence-electron chi connectivity index (χ0n) is 14.2. The van der Waals surface area contributed by atoms with Crippen molar-refractivity contribution < 1.29 is 4.39 Å². The standard InChI is InChI=1S/C21H15BrClFN2/c1-13-9-15(10-16(12-25)18-5-3-4-6-21(18)24)14(2)26(13)17-7-8-19(22)20(23)11-17/h3-11H,1-2H3/b16-10-. The molecule has 0 bridgehead atoms. The van der Waals surface area contributed by atoms with Crippen molar-refractivity contribution in [2.75, 3.05) is 0 Å². The summed E-state index contributed by atoms with van der Waals surface area (Å²) in [6.45, 7) is 3.95. The summed E-state index contributed by atoms with van der Waals surface area (Å²) in [4.78, 5) is 0. The van der Waals surface area contributed by atoms with Crippen LogP contribution in [0.15, 0.2) is 53.0 Å². The Labute approximate surface area is 165 Å². The van der Waals surface area contributed by atoms with Crippen molar-refractivity contribution >= 4 is 39.2 Å². The third-order valence-corrected chi connectivity index (χ3v) is 5.45. The quantitative estimate of drug-likeness (QED) is 0.425. The molecule has 3 aromatic rings. The number of allylic oxidation sites excluding steroid dienone is 1. The lowest BCUT2D eigenvalue weighted by Gasteiger charge is -2.11. The molecule has 0 N–H and O–H groups in total. The number of hydrogen-bond donors (Lipinski definition) is 0. The van der Waals surface area contributed by atoms with Crippen LogP contribution in [0.5, 0.6) is 0 Å². The first-order valence-electron chi connectivity index (χ1n) is 7.93. The summed E-state index contributed by atoms with van der Waals surface area (Å²) >= 11 is 9.62. The molecular weight excluding hydrogens is 415 g/mol. The van der Waals surface area contributed by atoms with Crippen molar-refractivity contribution in [1.82, 2.24) is 4.57 Å². The third-order valence-electron chi connectivity index (χ3n) is 4.22. The van der Waals surface area contributed by atoms with Gasteiger partial charge < -0.3 is 4.57 Å². The van der Waals surface area contributed by atoms with Crippen molar-refractivity contribution in [2.24, 2.45) is 0 Å². The first kappa shape index (κ1) is 18.4. The van der Waals surface area contributed by atoms with E-state index in [2.05, 4.69) is 26.6 Å². The highest BCUT2D eigenvalue weighted by molar-refractivity contribution is 9.10. The van der Waals surface area contributed by atoms with Gasteiger partial charge in [-0.3, -0.25) is 0 Å². The van der Waals surface area contributed by atoms with E-state index >= 15 is 0 Å². The molecule has 0 aliphatic carbocycles. The van der Waals surface area contributed by atoms with Gasteiger partial charge >= 0.3 is 0 Å². The van der Waals surface area contributed by atoms with E-state index in [1.807, 2.05) is 38.1 Å². The van der Waals surface area contributed by atoms with Gasteiger partial charge in [-0.15, -0.1) is 0 Å². The second-order valence-electron chi connectivity index (χ2n) is 5.91. The fourth-order valence-corrected chi connectivity index (χ4v) is 3.38. The Morgan fingerprint density at radius 2 is 1.92 bits per heavy atom. The number of aryl methyl sites for hydroxylation is 1. The van der Waals surface area contributed by atoms with Gasteiger partial charge in [-0.2, -0.15) is 5.26 Å². The van der Waals surface area contributed by atoms with Gasteiger partial charge in [-0.1, -0.05) is 29.8 Å². The van der Waals surface area contributed by atoms with E-state index in [9.17, 15) is 9.65 Å². The summed E-state index contributed by atoms with van der Waals surface area (Å²) in [6, 6.07) is 16.1. The minimum atomic E-state index is -0.409. The summed E-state index contributed by atoms with van der Waals surface area (Å²) in [5.74, 6) is -0.409. The molecule has 0 saturated carbocycles. The number of benzene rings is 2. The Bertz CT molecular complexity index is 1060. The molecule has 5 heteroatoms. The summed E-state index contributed by atoms with van der Waals surface area (Å²) in [5, 5.41) is 10.1. The van der Waals surface area contributed by atoms with Gasteiger partial charge in [-0.05, 0) is 71.7 Å². The molecule has 0 spiro atoms. The first-order valence-corrected chi connectivity index (χ1v) is 9.10. The highest BCUT2D eigenvalue weighted by Crippen LogP contribution is 2.29. The van der Waals surface area contributed by atoms with Crippen molar-refractivity contribution in [3.8, 4) is 11.8 Å². The molecule has 0 atom stereocenters. The molecule has 0 aliphatic rings. The van der Waals surface area contributed by atoms with Crippen molar-refractivity contribution in [3.05, 3.63) is 86.4 Å². The molecule has 130 valence electrons. The molecule has 3 rings (SSSR count). The highest BCUT2D eigenvalue weighted by atomic mass is 79.9. The molecule has 0 unspecified atom stereocenters. The smallest absolute Gasteiger partial charge is 0.131 e. The van der Waals surface area contributed by atoms with E-state index in [1.54, 1.807) is 24.3 Å². The molecule has 26 heavy (non-hydrogen) atoms. The minimum Gasteiger partial charge on any atom is -0.318 e. The number of aromatic nitrogens is 1. The van der Waals surface area contributed by atoms with Crippen molar-refractivity contribution in [3.63, 3.8) is 0 Å². The van der Waals surface area contributed by atoms with Gasteiger partial charge in [0.15, 0.2) is 0 Å². The Kier molecular flexibility index (Phi) is 5.31. The summed E-state index contributed by atoms with van der Waals surface area (Å²) in [5.41, 5.74) is 4.32. The highest BCUT2D eigenvalue weighted by Gasteiger charge is 2.13. The van der Waals surface area contributed by atoms with E-state index in [0.29, 0.717) is 10.6 Å². The normalized spacial score (nSPS) is 11.5. The number of nitrogens with zero attached hydrogens (tertiary/aromatic N) is 2. The Hall–Kier alpha value is -2.35. The third kappa shape index (κ3) is 3.46. The fourth-order valence-electron chi connectivity index (χ4n) is 2.96. The maximum Gasteiger partial charge on any atom is 0.131 e. The second kappa shape index (κ2) is 7.49. The lowest BCUT2D eigenvalue weighted by molar-refractivity contribution is 0.624. The number of halogens is 3. The molecule has 2 aromatic carbocycles. The van der Waals surface area contributed by atoms with Crippen LogP contribution >= 0.6 is 27.5 Å². The number of nitriles is 1. The van der Waals surface area contributed by atoms with E-state index in [0.717, 1.165) is 27.1 Å². The maximum absolute atomic E-state index is 14.0. The summed E-state index contributed by atoms with van der Waals surface area (Å²) < 4.78 is 16.9. The van der Waals surface area contributed by atoms with Gasteiger partial charge in [-0.25, -0.2) is 4.39 Å². The lowest BCUT2D eigenvalue weighted by atomic mass is 10.0. The first-order chi connectivity index (χ1) is 12.4. The molecule has 0 amide bonds. The predicted octanol–water partition coefficient (Wildman–Crippen LogP) is 6.71. The zero-order chi connectivity index (χ0) is 18.8. The van der Waals surface area contributed by atoms with E-state index < -0.39 is 5.82 Å². The average Bonchev–Trinajstić information content (AvgIpc) is 2.89. The maximum atomic E-state index is 14.0. The zero-order valence-corrected chi connectivity index (χ0v) is 16.6. The van der Waals surface area contributed by atoms with Gasteiger partial charge in [0, 0.05) is 27.1 Å². The largest absolute Gasteiger partial charge is 0.318 e. The van der Waals surface area contributed by atoms with Crippen molar-refractivity contribution in [2.45, 2.75) is 13.8 Å². The second-order valence-corrected chi connectivity index (χ2v) is 7.17. The molecule has 0 saturated heterocycles. The van der Waals surface area contributed by atoms with E-state index in [-0.39, 0.29) is 5.57 Å². The van der Waals surface area contributed by atoms with E-state index in [4.69, 9.17) is 11.6 Å². The van der Waals surface area contributed by atoms with Crippen LogP contribution in [0.4, 0.5) is 4.39 Å². The SMILES string of the molecule is Cc1cc(/C=C(/C#N)c2ccccc2F)c(C)n1-c1ccc(Br)c(Cl)c1. The number of hydrogen-bond acceptors (Lipinski definition) is 1. The Balaban J connectivity index is 2.12. The summed E-state index contributed by atoms with van der Waals surface area (Å²) in [7, 11) is 0. The van der Waals surface area contributed by atoms with Crippen LogP contribution in [0.25, 0.3) is 17.3 Å². The van der Waals surface area contributed by atoms with Gasteiger partial charge in [0.2, 0.25) is 0 Å². The molecule has 2 nitrogen and oxygen atoms in total. The molecule has 0 aliphatic heterocycles. The van der Waals surface area contributed by atoms with Crippen LogP contribution in [0.1, 0.15) is 22.5 Å². The van der Waals surface area contributed by atoms with Crippen LogP contribution in [0.2, 0.25) is 5.02 Å². The van der Waals surface area contributed by atoms with Crippen LogP contribution < -0.4 is 0 Å². The van der Waals surface area contributed by atoms with Crippen LogP contribution in [0.3, 0.4) is 0 Å². The lowest BCUT2D eigenvalue weighted by Crippen LogP contribution is -1.99. The monoisotopic (exact) mass is 428 g/mol. The topological polar surface area (TPSA) is 28.7 Å². The minimum absolute atomic E-state index is 0.289. The molecule has 1 aromatic heterocycles. The Morgan fingerprint density at radius 1 is 1.19 bits per heavy atom. The molecule has 1 heterocycles. The molecule has 0 fully saturated rings. The molecular formula is C21H15BrClFN2. The Morgan fingerprint density at radius 3 is 2.58 bits per heavy atom. The van der Waals surface area contributed by atoms with Gasteiger partial charge in [0.05, 0.1) is 16.7 Å². The number of rotatable bonds is 3. The fraction of sp³-hybridized carbons (Fsp3) is 0.0952. The van der Waals surface area contributed by atoms with Crippen molar-refractivity contribution in [1.29, 1.82) is 5.26 Å². The van der Waals surface area contributed by atoms with Gasteiger partial charge in [0.25, 0.3) is 0 Å². The molecule has 0 radical (unpaired) electrons. The van der Waals surface area contributed by atoms with Gasteiger partial charge in [0.1, 0.15) is 5.82 Å². The van der Waals surface area contributed by atoms with Crippen LogP contribution in [-0.4, -0.2) is 4.57 Å². The predicted molar refractivity (Wildman–Crippen MR) is 108 cm³/mol.